The van der Waals surface area contributed by atoms with Gasteiger partial charge in [-0.1, -0.05) is 37.3 Å². The van der Waals surface area contributed by atoms with Crippen LogP contribution in [0.25, 0.3) is 0 Å². The third kappa shape index (κ3) is 2.54. The smallest absolute Gasteiger partial charge is 0.272 e. The minimum Gasteiger partial charge on any atom is -0.272 e. The molecule has 0 spiro atoms. The first-order chi connectivity index (χ1) is 8.54. The van der Waals surface area contributed by atoms with Crippen LogP contribution in [0.1, 0.15) is 18.9 Å². The van der Waals surface area contributed by atoms with Crippen molar-refractivity contribution in [3.8, 4) is 0 Å². The first-order valence-electron chi connectivity index (χ1n) is 5.92. The lowest BCUT2D eigenvalue weighted by molar-refractivity contribution is -0.121. The lowest BCUT2D eigenvalue weighted by Gasteiger charge is -2.18. The van der Waals surface area contributed by atoms with Gasteiger partial charge in [0.2, 0.25) is 0 Å². The van der Waals surface area contributed by atoms with E-state index in [9.17, 15) is 13.2 Å². The van der Waals surface area contributed by atoms with Gasteiger partial charge in [0.15, 0.2) is 0 Å². The molecule has 5 nitrogen and oxygen atoms in total. The molecule has 1 fully saturated rings. The van der Waals surface area contributed by atoms with Gasteiger partial charge in [-0.3, -0.25) is 4.79 Å². The summed E-state index contributed by atoms with van der Waals surface area (Å²) in [6.45, 7) is 2.25. The van der Waals surface area contributed by atoms with Crippen molar-refractivity contribution in [3.05, 3.63) is 35.9 Å². The van der Waals surface area contributed by atoms with E-state index in [-0.39, 0.29) is 0 Å². The van der Waals surface area contributed by atoms with Crippen molar-refractivity contribution in [2.45, 2.75) is 25.8 Å². The molecule has 1 aromatic carbocycles. The molecule has 1 N–H and O–H groups in total. The zero-order valence-electron chi connectivity index (χ0n) is 10.2. The normalized spacial score (nSPS) is 22.9. The third-order valence-corrected chi connectivity index (χ3v) is 4.42. The Kier molecular flexibility index (Phi) is 3.68. The van der Waals surface area contributed by atoms with Crippen molar-refractivity contribution in [2.75, 3.05) is 6.54 Å². The summed E-state index contributed by atoms with van der Waals surface area (Å²) >= 11 is 0. The molecular weight excluding hydrogens is 252 g/mol. The van der Waals surface area contributed by atoms with E-state index in [1.54, 1.807) is 0 Å². The van der Waals surface area contributed by atoms with Crippen LogP contribution >= 0.6 is 0 Å². The van der Waals surface area contributed by atoms with Crippen molar-refractivity contribution >= 4 is 16.1 Å². The fourth-order valence-electron chi connectivity index (χ4n) is 2.08. The van der Waals surface area contributed by atoms with E-state index in [1.807, 2.05) is 37.3 Å². The van der Waals surface area contributed by atoms with Crippen LogP contribution in [0, 0.1) is 0 Å². The average Bonchev–Trinajstić information content (AvgIpc) is 2.53. The molecular formula is C12H16N2O3S. The van der Waals surface area contributed by atoms with Crippen LogP contribution in [0.15, 0.2) is 30.3 Å². The number of amides is 1. The topological polar surface area (TPSA) is 66.5 Å². The van der Waals surface area contributed by atoms with Crippen LogP contribution in [-0.2, 0) is 21.4 Å². The summed E-state index contributed by atoms with van der Waals surface area (Å²) in [7, 11) is -3.63. The summed E-state index contributed by atoms with van der Waals surface area (Å²) in [4.78, 5) is 11.7. The van der Waals surface area contributed by atoms with Crippen LogP contribution < -0.4 is 4.72 Å². The van der Waals surface area contributed by atoms with E-state index in [1.165, 1.54) is 4.31 Å². The fourth-order valence-corrected chi connectivity index (χ4v) is 3.52. The molecule has 18 heavy (non-hydrogen) atoms. The predicted octanol–water partition coefficient (Wildman–Crippen LogP) is 0.684. The highest BCUT2D eigenvalue weighted by Gasteiger charge is 2.42. The molecule has 2 rings (SSSR count). The molecule has 1 heterocycles. The summed E-state index contributed by atoms with van der Waals surface area (Å²) in [6, 6.07) is 8.79. The van der Waals surface area contributed by atoms with E-state index in [2.05, 4.69) is 4.72 Å². The largest absolute Gasteiger partial charge is 0.304 e. The van der Waals surface area contributed by atoms with Gasteiger partial charge in [-0.05, 0) is 18.4 Å². The first-order valence-corrected chi connectivity index (χ1v) is 7.36. The summed E-state index contributed by atoms with van der Waals surface area (Å²) in [5.41, 5.74) is 0.954. The molecule has 0 saturated carbocycles. The molecule has 0 unspecified atom stereocenters. The van der Waals surface area contributed by atoms with E-state index in [0.717, 1.165) is 5.56 Å². The Hall–Kier alpha value is -1.40. The van der Waals surface area contributed by atoms with Crippen LogP contribution in [0.2, 0.25) is 0 Å². The molecule has 1 saturated heterocycles. The third-order valence-electron chi connectivity index (χ3n) is 2.90. The first kappa shape index (κ1) is 13.0. The van der Waals surface area contributed by atoms with Crippen molar-refractivity contribution in [1.29, 1.82) is 0 Å². The SMILES string of the molecule is CCCN1[C@@H](Cc2ccccc2)C(=O)NS1(=O)=O. The number of carbonyl (C=O) groups is 1. The Morgan fingerprint density at radius 2 is 1.94 bits per heavy atom. The minimum absolute atomic E-state index is 0.360. The van der Waals surface area contributed by atoms with Gasteiger partial charge < -0.3 is 0 Å². The number of nitrogens with one attached hydrogen (secondary N) is 1. The Bertz CT molecular complexity index is 528. The number of benzene rings is 1. The minimum atomic E-state index is -3.63. The number of nitrogens with zero attached hydrogens (tertiary/aromatic N) is 1. The standard InChI is InChI=1S/C12H16N2O3S/c1-2-8-14-11(12(15)13-18(14,16)17)9-10-6-4-3-5-7-10/h3-7,11H,2,8-9H2,1H3,(H,13,15)/t11-/m0/s1. The zero-order valence-corrected chi connectivity index (χ0v) is 11.0. The molecule has 6 heteroatoms. The highest BCUT2D eigenvalue weighted by molar-refractivity contribution is 7.88. The lowest BCUT2D eigenvalue weighted by Crippen LogP contribution is -2.37. The van der Waals surface area contributed by atoms with E-state index < -0.39 is 22.2 Å². The second kappa shape index (κ2) is 5.07. The van der Waals surface area contributed by atoms with Crippen LogP contribution in [-0.4, -0.2) is 31.2 Å². The van der Waals surface area contributed by atoms with E-state index >= 15 is 0 Å². The number of hydrogen-bond acceptors (Lipinski definition) is 3. The molecule has 1 aliphatic rings. The molecule has 0 radical (unpaired) electrons. The maximum absolute atomic E-state index is 11.8. The second-order valence-corrected chi connectivity index (χ2v) is 5.91. The molecule has 1 atom stereocenters. The molecule has 1 aromatic rings. The lowest BCUT2D eigenvalue weighted by atomic mass is 10.1. The Balaban J connectivity index is 2.22. The highest BCUT2D eigenvalue weighted by atomic mass is 32.2. The van der Waals surface area contributed by atoms with Gasteiger partial charge in [-0.25, -0.2) is 4.72 Å². The fraction of sp³-hybridized carbons (Fsp3) is 0.417. The average molecular weight is 268 g/mol. The molecule has 98 valence electrons. The van der Waals surface area contributed by atoms with Gasteiger partial charge in [-0.15, -0.1) is 0 Å². The van der Waals surface area contributed by atoms with Crippen molar-refractivity contribution in [3.63, 3.8) is 0 Å². The van der Waals surface area contributed by atoms with Crippen molar-refractivity contribution < 1.29 is 13.2 Å². The number of hydrogen-bond donors (Lipinski definition) is 1. The molecule has 0 aliphatic carbocycles. The van der Waals surface area contributed by atoms with Gasteiger partial charge >= 0.3 is 10.2 Å². The van der Waals surface area contributed by atoms with Gasteiger partial charge in [0.05, 0.1) is 0 Å². The Morgan fingerprint density at radius 3 is 2.56 bits per heavy atom. The number of rotatable bonds is 4. The maximum Gasteiger partial charge on any atom is 0.304 e. The predicted molar refractivity (Wildman–Crippen MR) is 68.0 cm³/mol. The van der Waals surface area contributed by atoms with Gasteiger partial charge in [-0.2, -0.15) is 12.7 Å². The monoisotopic (exact) mass is 268 g/mol. The van der Waals surface area contributed by atoms with Crippen LogP contribution in [0.4, 0.5) is 0 Å². The van der Waals surface area contributed by atoms with Crippen molar-refractivity contribution in [2.24, 2.45) is 0 Å². The second-order valence-electron chi connectivity index (χ2n) is 4.29. The quantitative estimate of drug-likeness (QED) is 0.873. The summed E-state index contributed by atoms with van der Waals surface area (Å²) in [6.07, 6.45) is 1.09. The molecule has 0 bridgehead atoms. The highest BCUT2D eigenvalue weighted by Crippen LogP contribution is 2.18. The molecule has 1 amide bonds. The van der Waals surface area contributed by atoms with Crippen molar-refractivity contribution in [1.82, 2.24) is 9.03 Å². The van der Waals surface area contributed by atoms with Crippen LogP contribution in [0.5, 0.6) is 0 Å². The molecule has 1 aliphatic heterocycles. The summed E-state index contributed by atoms with van der Waals surface area (Å²) < 4.78 is 26.8. The van der Waals surface area contributed by atoms with Crippen LogP contribution in [0.3, 0.4) is 0 Å². The summed E-state index contributed by atoms with van der Waals surface area (Å²) in [5.74, 6) is -0.438. The Morgan fingerprint density at radius 1 is 1.28 bits per heavy atom. The Labute approximate surface area is 107 Å². The molecule has 0 aromatic heterocycles. The van der Waals surface area contributed by atoms with E-state index in [4.69, 9.17) is 0 Å². The number of carbonyl (C=O) groups excluding carboxylic acids is 1. The zero-order chi connectivity index (χ0) is 13.2. The van der Waals surface area contributed by atoms with E-state index in [0.29, 0.717) is 19.4 Å². The summed E-state index contributed by atoms with van der Waals surface area (Å²) in [5, 5.41) is 0. The maximum atomic E-state index is 11.8. The van der Waals surface area contributed by atoms with Gasteiger partial charge in [0.1, 0.15) is 6.04 Å². The van der Waals surface area contributed by atoms with Gasteiger partial charge in [0.25, 0.3) is 5.91 Å². The van der Waals surface area contributed by atoms with Gasteiger partial charge in [0, 0.05) is 6.54 Å².